The summed E-state index contributed by atoms with van der Waals surface area (Å²) in [5, 5.41) is 0. The van der Waals surface area contributed by atoms with Crippen LogP contribution in [0.1, 0.15) is 13.8 Å². The van der Waals surface area contributed by atoms with Crippen LogP contribution in [0.4, 0.5) is 0 Å². The highest BCUT2D eigenvalue weighted by atomic mass is 32.7. The number of hydrogen-bond donors (Lipinski definition) is 0. The van der Waals surface area contributed by atoms with E-state index in [-0.39, 0.29) is 0 Å². The molecule has 0 saturated carbocycles. The summed E-state index contributed by atoms with van der Waals surface area (Å²) in [5.41, 5.74) is 0. The Balaban J connectivity index is 3.06. The molecule has 0 fully saturated rings. The van der Waals surface area contributed by atoms with E-state index in [1.807, 2.05) is 13.8 Å². The molecule has 1 unspecified atom stereocenters. The quantitative estimate of drug-likeness (QED) is 0.580. The number of hydrogen-bond acceptors (Lipinski definition) is 3. The fourth-order valence-corrected chi connectivity index (χ4v) is 1.92. The van der Waals surface area contributed by atoms with Gasteiger partial charge in [0.1, 0.15) is 6.61 Å². The molecule has 0 aliphatic carbocycles. The lowest BCUT2D eigenvalue weighted by atomic mass is 10.9. The third-order valence-electron chi connectivity index (χ3n) is 0.469. The Bertz CT molecular complexity index is 68.4. The number of rotatable bonds is 4. The van der Waals surface area contributed by atoms with Gasteiger partial charge in [0.05, 0.1) is 0 Å². The first kappa shape index (κ1) is 8.41. The summed E-state index contributed by atoms with van der Waals surface area (Å²) < 4.78 is 15.3. The van der Waals surface area contributed by atoms with Crippen LogP contribution in [0, 0.1) is 0 Å². The minimum Gasteiger partial charge on any atom is -0.136 e. The monoisotopic (exact) mass is 153 g/mol. The normalized spacial score (nSPS) is 11.5. The van der Waals surface area contributed by atoms with Gasteiger partial charge in [-0.3, -0.25) is 0 Å². The van der Waals surface area contributed by atoms with Gasteiger partial charge in [-0.15, -0.1) is 4.52 Å². The summed E-state index contributed by atoms with van der Waals surface area (Å²) in [4.78, 5) is 0. The molecule has 48 valence electrons. The average molecular weight is 153 g/mol. The van der Waals surface area contributed by atoms with E-state index < -0.39 is 7.23 Å². The molecule has 0 amide bonds. The van der Waals surface area contributed by atoms with Gasteiger partial charge in [0.25, 0.3) is 0 Å². The van der Waals surface area contributed by atoms with Crippen molar-refractivity contribution in [3.8, 4) is 0 Å². The van der Waals surface area contributed by atoms with E-state index in [0.29, 0.717) is 6.61 Å². The van der Waals surface area contributed by atoms with Crippen molar-refractivity contribution >= 4 is 18.6 Å². The lowest BCUT2D eigenvalue weighted by Crippen LogP contribution is -1.73. The van der Waals surface area contributed by atoms with E-state index >= 15 is 0 Å². The third-order valence-corrected chi connectivity index (χ3v) is 3.13. The van der Waals surface area contributed by atoms with Gasteiger partial charge in [-0.25, -0.2) is 0 Å². The molecule has 0 bridgehead atoms. The molecule has 0 aliphatic rings. The summed E-state index contributed by atoms with van der Waals surface area (Å²) in [7, 11) is -1.41. The molecule has 0 spiro atoms. The molecule has 4 heteroatoms. The predicted molar refractivity (Wildman–Crippen MR) is 37.4 cm³/mol. The van der Waals surface area contributed by atoms with Crippen molar-refractivity contribution < 1.29 is 9.09 Å². The maximum absolute atomic E-state index is 10.5. The predicted octanol–water partition coefficient (Wildman–Crippen LogP) is 2.43. The van der Waals surface area contributed by atoms with Crippen molar-refractivity contribution in [1.82, 2.24) is 0 Å². The SMILES string of the molecule is CCO[P+](=O)SCC. The summed E-state index contributed by atoms with van der Waals surface area (Å²) in [6.45, 7) is 4.34. The minimum atomic E-state index is -1.41. The highest BCUT2D eigenvalue weighted by molar-refractivity contribution is 8.50. The second kappa shape index (κ2) is 5.54. The van der Waals surface area contributed by atoms with Crippen LogP contribution in [0.5, 0.6) is 0 Å². The van der Waals surface area contributed by atoms with Crippen LogP contribution in [0.25, 0.3) is 0 Å². The Kier molecular flexibility index (Phi) is 5.83. The second-order valence-corrected chi connectivity index (χ2v) is 4.27. The summed E-state index contributed by atoms with van der Waals surface area (Å²) in [6, 6.07) is 0. The topological polar surface area (TPSA) is 26.3 Å². The van der Waals surface area contributed by atoms with Crippen molar-refractivity contribution in [2.24, 2.45) is 0 Å². The van der Waals surface area contributed by atoms with Crippen molar-refractivity contribution in [3.05, 3.63) is 0 Å². The first-order chi connectivity index (χ1) is 3.81. The fourth-order valence-electron chi connectivity index (χ4n) is 0.248. The zero-order valence-corrected chi connectivity index (χ0v) is 6.80. The van der Waals surface area contributed by atoms with Gasteiger partial charge in [-0.1, -0.05) is 6.92 Å². The van der Waals surface area contributed by atoms with E-state index in [0.717, 1.165) is 5.75 Å². The van der Waals surface area contributed by atoms with Crippen molar-refractivity contribution in [2.75, 3.05) is 12.4 Å². The Morgan fingerprint density at radius 1 is 1.62 bits per heavy atom. The summed E-state index contributed by atoms with van der Waals surface area (Å²) in [5.74, 6) is 0.856. The maximum atomic E-state index is 10.5. The van der Waals surface area contributed by atoms with Gasteiger partial charge in [0, 0.05) is 5.75 Å². The second-order valence-electron chi connectivity index (χ2n) is 1.06. The van der Waals surface area contributed by atoms with Crippen LogP contribution in [0.3, 0.4) is 0 Å². The highest BCUT2D eigenvalue weighted by Crippen LogP contribution is 2.37. The van der Waals surface area contributed by atoms with E-state index in [1.165, 1.54) is 11.4 Å². The van der Waals surface area contributed by atoms with E-state index in [1.54, 1.807) is 0 Å². The molecule has 0 aliphatic heterocycles. The molecule has 0 N–H and O–H groups in total. The average Bonchev–Trinajstić information content (AvgIpc) is 1.68. The first-order valence-electron chi connectivity index (χ1n) is 2.54. The van der Waals surface area contributed by atoms with Gasteiger partial charge < -0.3 is 0 Å². The van der Waals surface area contributed by atoms with Crippen molar-refractivity contribution in [3.63, 3.8) is 0 Å². The van der Waals surface area contributed by atoms with Crippen LogP contribution in [0.2, 0.25) is 0 Å². The lowest BCUT2D eigenvalue weighted by Gasteiger charge is -1.77. The molecule has 1 atom stereocenters. The van der Waals surface area contributed by atoms with E-state index in [2.05, 4.69) is 0 Å². The van der Waals surface area contributed by atoms with E-state index in [9.17, 15) is 4.57 Å². The van der Waals surface area contributed by atoms with Crippen LogP contribution in [-0.2, 0) is 9.09 Å². The Labute approximate surface area is 54.6 Å². The smallest absolute Gasteiger partial charge is 0.136 e. The molecule has 0 saturated heterocycles. The first-order valence-corrected chi connectivity index (χ1v) is 5.31. The summed E-state index contributed by atoms with van der Waals surface area (Å²) in [6.07, 6.45) is 0. The maximum Gasteiger partial charge on any atom is 0.585 e. The van der Waals surface area contributed by atoms with Gasteiger partial charge in [0.2, 0.25) is 0 Å². The van der Waals surface area contributed by atoms with Gasteiger partial charge in [-0.2, -0.15) is 0 Å². The molecule has 0 radical (unpaired) electrons. The van der Waals surface area contributed by atoms with Crippen molar-refractivity contribution in [2.45, 2.75) is 13.8 Å². The molecule has 0 rings (SSSR count). The van der Waals surface area contributed by atoms with Crippen molar-refractivity contribution in [1.29, 1.82) is 0 Å². The molecular weight excluding hydrogens is 143 g/mol. The Morgan fingerprint density at radius 3 is 2.62 bits per heavy atom. The molecule has 8 heavy (non-hydrogen) atoms. The van der Waals surface area contributed by atoms with Crippen LogP contribution in [0.15, 0.2) is 0 Å². The standard InChI is InChI=1S/C4H10O2PS/c1-3-6-7(5)8-4-2/h3-4H2,1-2H3/q+1. The van der Waals surface area contributed by atoms with Gasteiger partial charge in [0.15, 0.2) is 11.4 Å². The Morgan fingerprint density at radius 2 is 2.25 bits per heavy atom. The molecule has 2 nitrogen and oxygen atoms in total. The van der Waals surface area contributed by atoms with Crippen LogP contribution in [-0.4, -0.2) is 12.4 Å². The largest absolute Gasteiger partial charge is 0.585 e. The molecular formula is C4H10O2PS+. The fraction of sp³-hybridized carbons (Fsp3) is 1.00. The highest BCUT2D eigenvalue weighted by Gasteiger charge is 2.15. The Hall–Kier alpha value is 0.410. The van der Waals surface area contributed by atoms with Gasteiger partial charge >= 0.3 is 7.23 Å². The van der Waals surface area contributed by atoms with E-state index in [4.69, 9.17) is 4.52 Å². The zero-order chi connectivity index (χ0) is 6.41. The van der Waals surface area contributed by atoms with Crippen LogP contribution >= 0.6 is 18.6 Å². The molecule has 0 aromatic heterocycles. The third kappa shape index (κ3) is 4.57. The zero-order valence-electron chi connectivity index (χ0n) is 5.09. The molecule has 0 aromatic rings. The minimum absolute atomic E-state index is 0.544. The lowest BCUT2D eigenvalue weighted by molar-refractivity contribution is 0.361. The van der Waals surface area contributed by atoms with Gasteiger partial charge in [-0.05, 0) is 11.5 Å². The van der Waals surface area contributed by atoms with Crippen LogP contribution < -0.4 is 0 Å². The molecule has 0 aromatic carbocycles. The molecule has 0 heterocycles. The summed E-state index contributed by atoms with van der Waals surface area (Å²) >= 11 is 1.34.